The van der Waals surface area contributed by atoms with Crippen molar-refractivity contribution in [3.63, 3.8) is 0 Å². The number of carbonyl (C=O) groups is 1. The van der Waals surface area contributed by atoms with Crippen molar-refractivity contribution in [3.05, 3.63) is 47.5 Å². The molecule has 1 aromatic rings. The number of rotatable bonds is 5. The minimum absolute atomic E-state index is 0.0981. The van der Waals surface area contributed by atoms with Crippen LogP contribution in [0.3, 0.4) is 0 Å². The highest BCUT2D eigenvalue weighted by Crippen LogP contribution is 2.53. The van der Waals surface area contributed by atoms with Gasteiger partial charge in [0.1, 0.15) is 0 Å². The molecule has 3 nitrogen and oxygen atoms in total. The summed E-state index contributed by atoms with van der Waals surface area (Å²) in [6.07, 6.45) is 4.69. The van der Waals surface area contributed by atoms with Gasteiger partial charge in [-0.3, -0.25) is 4.79 Å². The Morgan fingerprint density at radius 2 is 2.00 bits per heavy atom. The predicted molar refractivity (Wildman–Crippen MR) is 99.1 cm³/mol. The van der Waals surface area contributed by atoms with E-state index in [0.29, 0.717) is 31.0 Å². The van der Waals surface area contributed by atoms with Crippen LogP contribution in [0.15, 0.2) is 42.0 Å². The maximum absolute atomic E-state index is 11.4. The summed E-state index contributed by atoms with van der Waals surface area (Å²) in [6.45, 7) is 9.39. The fourth-order valence-electron chi connectivity index (χ4n) is 4.84. The molecule has 2 bridgehead atoms. The van der Waals surface area contributed by atoms with Crippen molar-refractivity contribution < 1.29 is 14.3 Å². The van der Waals surface area contributed by atoms with Crippen molar-refractivity contribution in [2.75, 3.05) is 13.2 Å². The van der Waals surface area contributed by atoms with Crippen LogP contribution >= 0.6 is 0 Å². The number of ether oxygens (including phenoxy) is 2. The van der Waals surface area contributed by atoms with E-state index in [9.17, 15) is 4.79 Å². The van der Waals surface area contributed by atoms with Crippen LogP contribution in [0.1, 0.15) is 39.7 Å². The molecule has 0 saturated carbocycles. The molecule has 3 heteroatoms. The monoisotopic (exact) mass is 342 g/mol. The lowest BCUT2D eigenvalue weighted by Crippen LogP contribution is -2.56. The normalized spacial score (nSPS) is 34.3. The molecule has 0 N–H and O–H groups in total. The van der Waals surface area contributed by atoms with E-state index in [1.807, 2.05) is 0 Å². The molecule has 3 rings (SSSR count). The molecule has 0 amide bonds. The molecule has 136 valence electrons. The summed E-state index contributed by atoms with van der Waals surface area (Å²) in [7, 11) is 0. The first-order chi connectivity index (χ1) is 11.9. The molecule has 0 spiro atoms. The number of carbonyl (C=O) groups excluding carboxylic acids is 1. The highest BCUT2D eigenvalue weighted by molar-refractivity contribution is 5.65. The third-order valence-corrected chi connectivity index (χ3v) is 6.46. The van der Waals surface area contributed by atoms with E-state index in [-0.39, 0.29) is 17.5 Å². The van der Waals surface area contributed by atoms with Crippen LogP contribution in [-0.2, 0) is 20.7 Å². The van der Waals surface area contributed by atoms with Crippen molar-refractivity contribution in [3.8, 4) is 0 Å². The number of fused-ring (bicyclic) bond motifs is 2. The number of aryl methyl sites for hydroxylation is 1. The zero-order chi connectivity index (χ0) is 18.0. The van der Waals surface area contributed by atoms with E-state index in [2.05, 4.69) is 57.2 Å². The Bertz CT molecular complexity index is 636. The van der Waals surface area contributed by atoms with Gasteiger partial charge in [0.25, 0.3) is 0 Å². The molecule has 0 radical (unpaired) electrons. The number of hydrogen-bond donors (Lipinski definition) is 0. The minimum Gasteiger partial charge on any atom is -0.465 e. The van der Waals surface area contributed by atoms with Gasteiger partial charge in [0.15, 0.2) is 0 Å². The largest absolute Gasteiger partial charge is 0.465 e. The third kappa shape index (κ3) is 3.52. The smallest absolute Gasteiger partial charge is 0.302 e. The van der Waals surface area contributed by atoms with Crippen LogP contribution in [0.4, 0.5) is 0 Å². The molecular weight excluding hydrogens is 312 g/mol. The second-order valence-electron chi connectivity index (χ2n) is 7.90. The van der Waals surface area contributed by atoms with E-state index >= 15 is 0 Å². The minimum atomic E-state index is -0.206. The van der Waals surface area contributed by atoms with Crippen LogP contribution in [-0.4, -0.2) is 25.3 Å². The highest BCUT2D eigenvalue weighted by atomic mass is 16.5. The summed E-state index contributed by atoms with van der Waals surface area (Å²) in [6, 6.07) is 10.6. The summed E-state index contributed by atoms with van der Waals surface area (Å²) >= 11 is 0. The first-order valence-corrected chi connectivity index (χ1v) is 9.41. The SMILES string of the molecule is CC(=O)OC[C@]12CO[C@H](CCc3ccccc3)[C@@H](C(C)=C[C@H]1C)[C@H]2C. The van der Waals surface area contributed by atoms with Crippen LogP contribution in [0.2, 0.25) is 0 Å². The van der Waals surface area contributed by atoms with Crippen LogP contribution in [0.25, 0.3) is 0 Å². The molecule has 2 aliphatic rings. The first kappa shape index (κ1) is 18.2. The lowest BCUT2D eigenvalue weighted by Gasteiger charge is -2.55. The Labute approximate surface area is 151 Å². The van der Waals surface area contributed by atoms with Gasteiger partial charge in [0, 0.05) is 18.3 Å². The molecule has 5 atom stereocenters. The summed E-state index contributed by atoms with van der Waals surface area (Å²) in [5.74, 6) is 1.00. The van der Waals surface area contributed by atoms with Gasteiger partial charge in [-0.2, -0.15) is 0 Å². The average molecular weight is 342 g/mol. The summed E-state index contributed by atoms with van der Waals surface area (Å²) in [5.41, 5.74) is 2.69. The van der Waals surface area contributed by atoms with Crippen molar-refractivity contribution >= 4 is 5.97 Å². The molecular formula is C22H30O3. The Hall–Kier alpha value is -1.61. The zero-order valence-electron chi connectivity index (χ0n) is 15.8. The highest BCUT2D eigenvalue weighted by Gasteiger charge is 2.53. The average Bonchev–Trinajstić information content (AvgIpc) is 2.58. The number of allylic oxidation sites excluding steroid dienone is 1. The zero-order valence-corrected chi connectivity index (χ0v) is 15.8. The molecule has 1 heterocycles. The lowest BCUT2D eigenvalue weighted by molar-refractivity contribution is -0.179. The molecule has 1 aliphatic carbocycles. The van der Waals surface area contributed by atoms with Gasteiger partial charge >= 0.3 is 5.97 Å². The van der Waals surface area contributed by atoms with Gasteiger partial charge in [-0.25, -0.2) is 0 Å². The van der Waals surface area contributed by atoms with Gasteiger partial charge in [-0.15, -0.1) is 0 Å². The Kier molecular flexibility index (Phi) is 5.33. The Balaban J connectivity index is 1.76. The Morgan fingerprint density at radius 1 is 1.28 bits per heavy atom. The van der Waals surface area contributed by atoms with Crippen LogP contribution in [0.5, 0.6) is 0 Å². The fraction of sp³-hybridized carbons (Fsp3) is 0.591. The molecule has 1 aromatic carbocycles. The van der Waals surface area contributed by atoms with Gasteiger partial charge in [-0.05, 0) is 37.2 Å². The quantitative estimate of drug-likeness (QED) is 0.587. The molecule has 25 heavy (non-hydrogen) atoms. The number of esters is 1. The maximum atomic E-state index is 11.4. The summed E-state index contributed by atoms with van der Waals surface area (Å²) in [4.78, 5) is 11.4. The van der Waals surface area contributed by atoms with Crippen LogP contribution < -0.4 is 0 Å². The van der Waals surface area contributed by atoms with Crippen molar-refractivity contribution in [2.24, 2.45) is 23.2 Å². The van der Waals surface area contributed by atoms with Gasteiger partial charge in [0.2, 0.25) is 0 Å². The van der Waals surface area contributed by atoms with E-state index < -0.39 is 0 Å². The summed E-state index contributed by atoms with van der Waals surface area (Å²) < 4.78 is 11.8. The van der Waals surface area contributed by atoms with Gasteiger partial charge in [0.05, 0.1) is 19.3 Å². The topological polar surface area (TPSA) is 35.5 Å². The molecule has 1 saturated heterocycles. The van der Waals surface area contributed by atoms with Gasteiger partial charge in [-0.1, -0.05) is 55.8 Å². The number of hydrogen-bond acceptors (Lipinski definition) is 3. The van der Waals surface area contributed by atoms with Crippen molar-refractivity contribution in [1.82, 2.24) is 0 Å². The van der Waals surface area contributed by atoms with E-state index in [1.54, 1.807) is 0 Å². The molecule has 1 aliphatic heterocycles. The number of benzene rings is 1. The maximum Gasteiger partial charge on any atom is 0.302 e. The summed E-state index contributed by atoms with van der Waals surface area (Å²) in [5, 5.41) is 0. The standard InChI is InChI=1S/C22H30O3/c1-15-12-16(2)22(13-24-18(4)23)14-25-20(21(15)17(22)3)11-10-19-8-6-5-7-9-19/h5-9,12,16-17,20-21H,10-11,13-14H2,1-4H3/t16-,17-,20-,21+,22+/m1/s1. The van der Waals surface area contributed by atoms with Crippen molar-refractivity contribution in [1.29, 1.82) is 0 Å². The fourth-order valence-corrected chi connectivity index (χ4v) is 4.84. The van der Waals surface area contributed by atoms with E-state index in [4.69, 9.17) is 9.47 Å². The Morgan fingerprint density at radius 3 is 2.68 bits per heavy atom. The molecule has 0 aromatic heterocycles. The van der Waals surface area contributed by atoms with Crippen molar-refractivity contribution in [2.45, 2.75) is 46.6 Å². The second kappa shape index (κ2) is 7.33. The molecule has 1 fully saturated rings. The molecule has 0 unspecified atom stereocenters. The van der Waals surface area contributed by atoms with Gasteiger partial charge < -0.3 is 9.47 Å². The van der Waals surface area contributed by atoms with E-state index in [1.165, 1.54) is 18.1 Å². The van der Waals surface area contributed by atoms with E-state index in [0.717, 1.165) is 12.8 Å². The second-order valence-corrected chi connectivity index (χ2v) is 7.90. The predicted octanol–water partition coefficient (Wildman–Crippen LogP) is 4.42. The third-order valence-electron chi connectivity index (χ3n) is 6.46. The first-order valence-electron chi connectivity index (χ1n) is 9.41. The lowest BCUT2D eigenvalue weighted by atomic mass is 9.56. The van der Waals surface area contributed by atoms with Crippen LogP contribution in [0, 0.1) is 23.2 Å².